The van der Waals surface area contributed by atoms with E-state index in [1.165, 1.54) is 0 Å². The Morgan fingerprint density at radius 1 is 0.232 bits per heavy atom. The smallest absolute Gasteiger partial charge is 0.164 e. The first-order chi connectivity index (χ1) is 27.7. The zero-order valence-electron chi connectivity index (χ0n) is 29.7. The van der Waals surface area contributed by atoms with Gasteiger partial charge in [-0.25, -0.2) is 29.9 Å². The van der Waals surface area contributed by atoms with Gasteiger partial charge in [-0.3, -0.25) is 0 Å². The topological polar surface area (TPSA) is 104 Å². The van der Waals surface area contributed by atoms with Gasteiger partial charge in [-0.1, -0.05) is 121 Å². The fraction of sp³-hybridized carbons (Fsp3) is 0. The van der Waals surface area contributed by atoms with Crippen LogP contribution in [0.5, 0.6) is 0 Å². The Hall–Kier alpha value is -7.84. The van der Waals surface area contributed by atoms with Crippen molar-refractivity contribution < 1.29 is 8.83 Å². The van der Waals surface area contributed by atoms with E-state index in [1.54, 1.807) is 0 Å². The first-order valence-electron chi connectivity index (χ1n) is 18.3. The Labute approximate surface area is 319 Å². The van der Waals surface area contributed by atoms with E-state index in [1.807, 2.05) is 146 Å². The monoisotopic (exact) mass is 720 g/mol. The van der Waals surface area contributed by atoms with E-state index >= 15 is 0 Å². The van der Waals surface area contributed by atoms with Crippen molar-refractivity contribution in [3.05, 3.63) is 170 Å². The lowest BCUT2D eigenvalue weighted by Crippen LogP contribution is -2.00. The van der Waals surface area contributed by atoms with Gasteiger partial charge < -0.3 is 8.83 Å². The molecule has 0 fully saturated rings. The third-order valence-corrected chi connectivity index (χ3v) is 9.99. The molecule has 11 aromatic rings. The van der Waals surface area contributed by atoms with Crippen molar-refractivity contribution in [3.8, 4) is 68.3 Å². The molecule has 0 saturated carbocycles. The minimum absolute atomic E-state index is 0.554. The summed E-state index contributed by atoms with van der Waals surface area (Å²) in [6.07, 6.45) is 0. The van der Waals surface area contributed by atoms with E-state index in [4.69, 9.17) is 38.7 Å². The fourth-order valence-corrected chi connectivity index (χ4v) is 7.21. The van der Waals surface area contributed by atoms with Crippen LogP contribution >= 0.6 is 0 Å². The number of para-hydroxylation sites is 1. The molecule has 0 aliphatic heterocycles. The Morgan fingerprint density at radius 2 is 0.571 bits per heavy atom. The van der Waals surface area contributed by atoms with Crippen LogP contribution in [0.1, 0.15) is 0 Å². The number of rotatable bonds is 6. The number of aromatic nitrogens is 6. The highest BCUT2D eigenvalue weighted by atomic mass is 16.3. The Kier molecular flexibility index (Phi) is 7.31. The number of nitrogens with zero attached hydrogens (tertiary/aromatic N) is 6. The van der Waals surface area contributed by atoms with E-state index < -0.39 is 0 Å². The minimum atomic E-state index is 0.554. The van der Waals surface area contributed by atoms with Gasteiger partial charge in [0.1, 0.15) is 22.3 Å². The SMILES string of the molecule is c1ccc(-c2nc(-c3ccccc3)nc(-c3ccc4c(c3)oc3ccc(-c5nc(-c6ccccc6)nc(-c6ccc7c(c6)oc6ccccc67)n5)cc34)n2)cc1. The maximum Gasteiger partial charge on any atom is 0.164 e. The second-order valence-corrected chi connectivity index (χ2v) is 13.5. The first-order valence-corrected chi connectivity index (χ1v) is 18.3. The summed E-state index contributed by atoms with van der Waals surface area (Å²) in [5.74, 6) is 3.46. The largest absolute Gasteiger partial charge is 0.456 e. The fourth-order valence-electron chi connectivity index (χ4n) is 7.21. The highest BCUT2D eigenvalue weighted by Crippen LogP contribution is 2.36. The highest BCUT2D eigenvalue weighted by molar-refractivity contribution is 6.07. The van der Waals surface area contributed by atoms with Gasteiger partial charge in [0.2, 0.25) is 0 Å². The molecular formula is C48H28N6O2. The molecule has 0 aliphatic carbocycles. The van der Waals surface area contributed by atoms with Gasteiger partial charge in [0.25, 0.3) is 0 Å². The zero-order valence-corrected chi connectivity index (χ0v) is 29.7. The molecule has 11 rings (SSSR count). The summed E-state index contributed by atoms with van der Waals surface area (Å²) in [6.45, 7) is 0. The Balaban J connectivity index is 1.02. The van der Waals surface area contributed by atoms with Gasteiger partial charge in [0, 0.05) is 54.9 Å². The molecule has 0 saturated heterocycles. The van der Waals surface area contributed by atoms with Gasteiger partial charge >= 0.3 is 0 Å². The summed E-state index contributed by atoms with van der Waals surface area (Å²) in [5, 5.41) is 4.03. The third kappa shape index (κ3) is 5.56. The average molecular weight is 721 g/mol. The van der Waals surface area contributed by atoms with Crippen LogP contribution in [0.2, 0.25) is 0 Å². The molecule has 0 radical (unpaired) electrons. The standard InChI is InChI=1S/C48H28N6O2/c1-4-12-29(13-5-1)43-49-44(30-14-6-2-7-15-30)52-47(51-43)34-21-24-37-38-26-32(22-25-40(38)56-42(37)28-34)46-50-45(31-16-8-3-9-17-31)53-48(54-46)33-20-23-36-35-18-10-11-19-39(35)55-41(36)27-33/h1-28H. The van der Waals surface area contributed by atoms with E-state index in [-0.39, 0.29) is 0 Å². The number of hydrogen-bond acceptors (Lipinski definition) is 8. The van der Waals surface area contributed by atoms with Crippen LogP contribution in [0.25, 0.3) is 112 Å². The average Bonchev–Trinajstić information content (AvgIpc) is 3.84. The van der Waals surface area contributed by atoms with Crippen LogP contribution < -0.4 is 0 Å². The maximum absolute atomic E-state index is 6.45. The van der Waals surface area contributed by atoms with Crippen molar-refractivity contribution in [2.75, 3.05) is 0 Å². The van der Waals surface area contributed by atoms with Gasteiger partial charge in [-0.2, -0.15) is 0 Å². The lowest BCUT2D eigenvalue weighted by molar-refractivity contribution is 0.668. The summed E-state index contributed by atoms with van der Waals surface area (Å²) in [6, 6.07) is 56.2. The molecule has 8 nitrogen and oxygen atoms in total. The van der Waals surface area contributed by atoms with Crippen molar-refractivity contribution in [3.63, 3.8) is 0 Å². The van der Waals surface area contributed by atoms with Gasteiger partial charge in [0.15, 0.2) is 34.9 Å². The van der Waals surface area contributed by atoms with Crippen molar-refractivity contribution >= 4 is 43.9 Å². The molecule has 8 heteroatoms. The van der Waals surface area contributed by atoms with Crippen LogP contribution in [0.15, 0.2) is 179 Å². The molecule has 0 aliphatic rings. The van der Waals surface area contributed by atoms with Crippen LogP contribution in [0.4, 0.5) is 0 Å². The lowest BCUT2D eigenvalue weighted by Gasteiger charge is -2.09. The zero-order chi connectivity index (χ0) is 37.0. The quantitative estimate of drug-likeness (QED) is 0.167. The van der Waals surface area contributed by atoms with E-state index in [9.17, 15) is 0 Å². The normalized spacial score (nSPS) is 11.6. The molecule has 4 heterocycles. The molecule has 262 valence electrons. The summed E-state index contributed by atoms with van der Waals surface area (Å²) in [7, 11) is 0. The van der Waals surface area contributed by atoms with E-state index in [0.717, 1.165) is 77.3 Å². The van der Waals surface area contributed by atoms with Crippen molar-refractivity contribution in [1.82, 2.24) is 29.9 Å². The number of benzene rings is 7. The van der Waals surface area contributed by atoms with Crippen LogP contribution in [-0.4, -0.2) is 29.9 Å². The maximum atomic E-state index is 6.45. The molecule has 7 aromatic carbocycles. The van der Waals surface area contributed by atoms with E-state index in [0.29, 0.717) is 34.9 Å². The Bertz CT molecular complexity index is 3190. The van der Waals surface area contributed by atoms with Gasteiger partial charge in [-0.05, 0) is 48.5 Å². The second kappa shape index (κ2) is 12.9. The van der Waals surface area contributed by atoms with Gasteiger partial charge in [-0.15, -0.1) is 0 Å². The molecule has 0 unspecified atom stereocenters. The number of furan rings is 2. The van der Waals surface area contributed by atoms with Crippen molar-refractivity contribution in [2.45, 2.75) is 0 Å². The van der Waals surface area contributed by atoms with Crippen molar-refractivity contribution in [2.24, 2.45) is 0 Å². The molecule has 0 atom stereocenters. The molecule has 56 heavy (non-hydrogen) atoms. The molecule has 0 spiro atoms. The highest BCUT2D eigenvalue weighted by Gasteiger charge is 2.18. The van der Waals surface area contributed by atoms with Crippen LogP contribution in [-0.2, 0) is 0 Å². The molecule has 0 bridgehead atoms. The molecule has 4 aromatic heterocycles. The number of hydrogen-bond donors (Lipinski definition) is 0. The van der Waals surface area contributed by atoms with E-state index in [2.05, 4.69) is 24.3 Å². The predicted molar refractivity (Wildman–Crippen MR) is 220 cm³/mol. The summed E-state index contributed by atoms with van der Waals surface area (Å²) >= 11 is 0. The summed E-state index contributed by atoms with van der Waals surface area (Å²) in [4.78, 5) is 29.6. The first kappa shape index (κ1) is 31.7. The summed E-state index contributed by atoms with van der Waals surface area (Å²) in [5.41, 5.74) is 8.32. The van der Waals surface area contributed by atoms with Crippen LogP contribution in [0.3, 0.4) is 0 Å². The van der Waals surface area contributed by atoms with Crippen molar-refractivity contribution in [1.29, 1.82) is 0 Å². The second-order valence-electron chi connectivity index (χ2n) is 13.5. The Morgan fingerprint density at radius 3 is 1.05 bits per heavy atom. The van der Waals surface area contributed by atoms with Crippen LogP contribution in [0, 0.1) is 0 Å². The molecule has 0 N–H and O–H groups in total. The minimum Gasteiger partial charge on any atom is -0.456 e. The lowest BCUT2D eigenvalue weighted by atomic mass is 10.1. The predicted octanol–water partition coefficient (Wildman–Crippen LogP) is 11.9. The molecular weight excluding hydrogens is 693 g/mol. The molecule has 0 amide bonds. The number of fused-ring (bicyclic) bond motifs is 6. The van der Waals surface area contributed by atoms with Gasteiger partial charge in [0.05, 0.1) is 0 Å². The summed E-state index contributed by atoms with van der Waals surface area (Å²) < 4.78 is 12.7. The third-order valence-electron chi connectivity index (χ3n) is 9.99.